The first kappa shape index (κ1) is 14.1. The fourth-order valence-corrected chi connectivity index (χ4v) is 2.91. The molecular weight excluding hydrogens is 332 g/mol. The Kier molecular flexibility index (Phi) is 3.95. The maximum absolute atomic E-state index is 9.32. The fraction of sp³-hybridized carbons (Fsp3) is 0.333. The Morgan fingerprint density at radius 3 is 3.05 bits per heavy atom. The second-order valence-corrected chi connectivity index (χ2v) is 5.94. The van der Waals surface area contributed by atoms with Gasteiger partial charge in [-0.25, -0.2) is 0 Å². The molecule has 1 atom stereocenters. The zero-order chi connectivity index (χ0) is 14.8. The van der Waals surface area contributed by atoms with Gasteiger partial charge in [-0.2, -0.15) is 10.4 Å². The minimum atomic E-state index is -0.0114. The highest BCUT2D eigenvalue weighted by Crippen LogP contribution is 2.29. The Bertz CT molecular complexity index is 691. The van der Waals surface area contributed by atoms with E-state index < -0.39 is 0 Å². The molecule has 3 rings (SSSR count). The Balaban J connectivity index is 1.85. The molecular formula is C15H15BrN4O. The van der Waals surface area contributed by atoms with Crippen molar-refractivity contribution in [2.24, 2.45) is 7.05 Å². The van der Waals surface area contributed by atoms with E-state index in [1.54, 1.807) is 4.68 Å². The van der Waals surface area contributed by atoms with Gasteiger partial charge in [-0.05, 0) is 18.2 Å². The van der Waals surface area contributed by atoms with Crippen molar-refractivity contribution in [3.05, 3.63) is 46.2 Å². The maximum Gasteiger partial charge on any atom is 0.103 e. The van der Waals surface area contributed by atoms with Gasteiger partial charge in [-0.15, -0.1) is 0 Å². The summed E-state index contributed by atoms with van der Waals surface area (Å²) in [6.45, 7) is 2.15. The first-order valence-electron chi connectivity index (χ1n) is 6.72. The van der Waals surface area contributed by atoms with Crippen LogP contribution in [0.25, 0.3) is 0 Å². The lowest BCUT2D eigenvalue weighted by molar-refractivity contribution is 0.0397. The predicted molar refractivity (Wildman–Crippen MR) is 83.0 cm³/mol. The van der Waals surface area contributed by atoms with Gasteiger partial charge < -0.3 is 9.64 Å². The summed E-state index contributed by atoms with van der Waals surface area (Å²) in [4.78, 5) is 2.20. The van der Waals surface area contributed by atoms with Gasteiger partial charge in [0, 0.05) is 36.4 Å². The van der Waals surface area contributed by atoms with Crippen molar-refractivity contribution in [2.45, 2.75) is 6.10 Å². The van der Waals surface area contributed by atoms with E-state index in [0.717, 1.165) is 28.8 Å². The molecule has 6 heteroatoms. The lowest BCUT2D eigenvalue weighted by Gasteiger charge is -2.34. The molecule has 0 unspecified atom stereocenters. The number of hydrogen-bond donors (Lipinski definition) is 0. The second-order valence-electron chi connectivity index (χ2n) is 5.03. The number of nitriles is 1. The van der Waals surface area contributed by atoms with Crippen LogP contribution in [0.4, 0.5) is 5.69 Å². The smallest absolute Gasteiger partial charge is 0.103 e. The van der Waals surface area contributed by atoms with Gasteiger partial charge in [-0.3, -0.25) is 4.68 Å². The van der Waals surface area contributed by atoms with Crippen LogP contribution in [0.1, 0.15) is 17.2 Å². The largest absolute Gasteiger partial charge is 0.370 e. The summed E-state index contributed by atoms with van der Waals surface area (Å²) in [5, 5.41) is 13.5. The Hall–Kier alpha value is -1.84. The molecule has 0 bridgehead atoms. The van der Waals surface area contributed by atoms with Crippen LogP contribution < -0.4 is 4.90 Å². The predicted octanol–water partition coefficient (Wildman–Crippen LogP) is 2.63. The third kappa shape index (κ3) is 2.94. The number of anilines is 1. The Morgan fingerprint density at radius 1 is 1.48 bits per heavy atom. The van der Waals surface area contributed by atoms with Crippen LogP contribution in [0.3, 0.4) is 0 Å². The molecule has 1 fully saturated rings. The molecule has 1 aromatic carbocycles. The molecule has 2 aromatic rings. The van der Waals surface area contributed by atoms with Gasteiger partial charge >= 0.3 is 0 Å². The van der Waals surface area contributed by atoms with E-state index in [-0.39, 0.29) is 6.10 Å². The van der Waals surface area contributed by atoms with Crippen LogP contribution in [0.2, 0.25) is 0 Å². The first-order valence-corrected chi connectivity index (χ1v) is 7.51. The number of nitrogens with zero attached hydrogens (tertiary/aromatic N) is 4. The van der Waals surface area contributed by atoms with E-state index in [2.05, 4.69) is 32.0 Å². The van der Waals surface area contributed by atoms with Gasteiger partial charge in [0.1, 0.15) is 12.2 Å². The molecule has 1 aliphatic heterocycles. The zero-order valence-electron chi connectivity index (χ0n) is 11.7. The molecule has 0 aliphatic carbocycles. The molecule has 0 spiro atoms. The van der Waals surface area contributed by atoms with Crippen molar-refractivity contribution in [2.75, 3.05) is 24.6 Å². The third-order valence-electron chi connectivity index (χ3n) is 3.58. The molecule has 0 saturated carbocycles. The summed E-state index contributed by atoms with van der Waals surface area (Å²) in [5.74, 6) is 0. The minimum Gasteiger partial charge on any atom is -0.370 e. The van der Waals surface area contributed by atoms with E-state index in [9.17, 15) is 5.26 Å². The average molecular weight is 347 g/mol. The van der Waals surface area contributed by atoms with E-state index >= 15 is 0 Å². The normalized spacial score (nSPS) is 18.5. The molecule has 1 saturated heterocycles. The summed E-state index contributed by atoms with van der Waals surface area (Å²) in [6, 6.07) is 8.06. The number of ether oxygens (including phenoxy) is 1. The van der Waals surface area contributed by atoms with E-state index in [1.807, 2.05) is 37.6 Å². The highest BCUT2D eigenvalue weighted by atomic mass is 79.9. The third-order valence-corrected chi connectivity index (χ3v) is 4.08. The molecule has 0 radical (unpaired) electrons. The Labute approximate surface area is 131 Å². The van der Waals surface area contributed by atoms with Crippen LogP contribution in [-0.4, -0.2) is 29.5 Å². The maximum atomic E-state index is 9.32. The van der Waals surface area contributed by atoms with E-state index in [1.165, 1.54) is 0 Å². The number of aryl methyl sites for hydroxylation is 1. The molecule has 21 heavy (non-hydrogen) atoms. The first-order chi connectivity index (χ1) is 10.2. The van der Waals surface area contributed by atoms with Crippen molar-refractivity contribution in [1.29, 1.82) is 5.26 Å². The SMILES string of the molecule is Cn1cc([C@@H]2CN(c3ccc(Br)cc3C#N)CCO2)cn1. The quantitative estimate of drug-likeness (QED) is 0.838. The van der Waals surface area contributed by atoms with E-state index in [0.29, 0.717) is 12.2 Å². The van der Waals surface area contributed by atoms with Crippen molar-refractivity contribution in [1.82, 2.24) is 9.78 Å². The van der Waals surface area contributed by atoms with Crippen LogP contribution in [-0.2, 0) is 11.8 Å². The summed E-state index contributed by atoms with van der Waals surface area (Å²) >= 11 is 3.41. The van der Waals surface area contributed by atoms with Crippen LogP contribution in [0.5, 0.6) is 0 Å². The van der Waals surface area contributed by atoms with Crippen molar-refractivity contribution in [3.63, 3.8) is 0 Å². The van der Waals surface area contributed by atoms with Crippen molar-refractivity contribution < 1.29 is 4.74 Å². The van der Waals surface area contributed by atoms with Crippen molar-refractivity contribution in [3.8, 4) is 6.07 Å². The number of benzene rings is 1. The van der Waals surface area contributed by atoms with Gasteiger partial charge in [-0.1, -0.05) is 15.9 Å². The average Bonchev–Trinajstić information content (AvgIpc) is 2.94. The van der Waals surface area contributed by atoms with Gasteiger partial charge in [0.25, 0.3) is 0 Å². The van der Waals surface area contributed by atoms with Crippen LogP contribution in [0, 0.1) is 11.3 Å². The molecule has 0 N–H and O–H groups in total. The number of morpholine rings is 1. The Morgan fingerprint density at radius 2 is 2.33 bits per heavy atom. The summed E-state index contributed by atoms with van der Waals surface area (Å²) in [5.41, 5.74) is 2.70. The lowest BCUT2D eigenvalue weighted by atomic mass is 10.1. The monoisotopic (exact) mass is 346 g/mol. The molecule has 5 nitrogen and oxygen atoms in total. The van der Waals surface area contributed by atoms with Gasteiger partial charge in [0.2, 0.25) is 0 Å². The van der Waals surface area contributed by atoms with Gasteiger partial charge in [0.15, 0.2) is 0 Å². The standard InChI is InChI=1S/C15H15BrN4O/c1-19-9-12(8-18-19)15-10-20(4-5-21-15)14-3-2-13(16)6-11(14)7-17/h2-3,6,8-9,15H,4-5,10H2,1H3/t15-/m0/s1. The van der Waals surface area contributed by atoms with Crippen LogP contribution in [0.15, 0.2) is 35.1 Å². The lowest BCUT2D eigenvalue weighted by Crippen LogP contribution is -2.38. The minimum absolute atomic E-state index is 0.0114. The number of aromatic nitrogens is 2. The number of rotatable bonds is 2. The highest BCUT2D eigenvalue weighted by Gasteiger charge is 2.24. The fourth-order valence-electron chi connectivity index (χ4n) is 2.55. The summed E-state index contributed by atoms with van der Waals surface area (Å²) in [6.07, 6.45) is 3.80. The topological polar surface area (TPSA) is 54.1 Å². The number of hydrogen-bond acceptors (Lipinski definition) is 4. The van der Waals surface area contributed by atoms with E-state index in [4.69, 9.17) is 4.74 Å². The summed E-state index contributed by atoms with van der Waals surface area (Å²) < 4.78 is 8.53. The molecule has 0 amide bonds. The van der Waals surface area contributed by atoms with Crippen LogP contribution >= 0.6 is 15.9 Å². The van der Waals surface area contributed by atoms with Crippen molar-refractivity contribution >= 4 is 21.6 Å². The second kappa shape index (κ2) is 5.88. The molecule has 1 aromatic heterocycles. The zero-order valence-corrected chi connectivity index (χ0v) is 13.2. The molecule has 1 aliphatic rings. The highest BCUT2D eigenvalue weighted by molar-refractivity contribution is 9.10. The molecule has 108 valence electrons. The number of halogens is 1. The van der Waals surface area contributed by atoms with Gasteiger partial charge in [0.05, 0.1) is 24.1 Å². The molecule has 2 heterocycles. The summed E-state index contributed by atoms with van der Waals surface area (Å²) in [7, 11) is 1.90.